The van der Waals surface area contributed by atoms with Gasteiger partial charge in [-0.25, -0.2) is 9.50 Å². The fourth-order valence-corrected chi connectivity index (χ4v) is 1.89. The van der Waals surface area contributed by atoms with Crippen molar-refractivity contribution < 1.29 is 4.79 Å². The van der Waals surface area contributed by atoms with Crippen LogP contribution in [0.25, 0.3) is 5.65 Å². The molecule has 3 aromatic heterocycles. The molecule has 0 bridgehead atoms. The molecular formula is C12H8ClN5O. The van der Waals surface area contributed by atoms with Crippen LogP contribution in [0.3, 0.4) is 0 Å². The number of hydrogen-bond acceptors (Lipinski definition) is 4. The van der Waals surface area contributed by atoms with Crippen LogP contribution in [0.1, 0.15) is 10.5 Å². The predicted molar refractivity (Wildman–Crippen MR) is 70.2 cm³/mol. The summed E-state index contributed by atoms with van der Waals surface area (Å²) in [6.07, 6.45) is 6.43. The quantitative estimate of drug-likeness (QED) is 0.775. The van der Waals surface area contributed by atoms with E-state index >= 15 is 0 Å². The molecule has 1 amide bonds. The number of fused-ring (bicyclic) bond motifs is 1. The van der Waals surface area contributed by atoms with Crippen molar-refractivity contribution in [2.75, 3.05) is 5.32 Å². The number of pyridine rings is 1. The summed E-state index contributed by atoms with van der Waals surface area (Å²) in [5.74, 6) is -0.400. The molecule has 0 saturated carbocycles. The van der Waals surface area contributed by atoms with Crippen LogP contribution in [0.5, 0.6) is 0 Å². The Morgan fingerprint density at radius 1 is 1.32 bits per heavy atom. The first-order chi connectivity index (χ1) is 9.25. The number of carbonyl (C=O) groups excluding carboxylic acids is 1. The average molecular weight is 274 g/mol. The van der Waals surface area contributed by atoms with Crippen LogP contribution in [0.4, 0.5) is 5.69 Å². The molecule has 0 saturated heterocycles. The molecule has 0 aliphatic heterocycles. The van der Waals surface area contributed by atoms with E-state index in [1.807, 2.05) is 0 Å². The molecule has 3 heterocycles. The summed E-state index contributed by atoms with van der Waals surface area (Å²) in [4.78, 5) is 20.1. The molecule has 0 aliphatic carbocycles. The second kappa shape index (κ2) is 4.66. The molecule has 3 rings (SSSR count). The zero-order chi connectivity index (χ0) is 13.2. The number of aromatic nitrogens is 4. The Hall–Kier alpha value is -2.47. The Balaban J connectivity index is 1.96. The lowest BCUT2D eigenvalue weighted by Crippen LogP contribution is -2.13. The van der Waals surface area contributed by atoms with Crippen LogP contribution in [-0.4, -0.2) is 25.5 Å². The summed E-state index contributed by atoms with van der Waals surface area (Å²) in [5, 5.41) is 6.99. The zero-order valence-corrected chi connectivity index (χ0v) is 10.4. The van der Waals surface area contributed by atoms with E-state index in [9.17, 15) is 4.79 Å². The van der Waals surface area contributed by atoms with Crippen molar-refractivity contribution in [1.29, 1.82) is 0 Å². The van der Waals surface area contributed by atoms with Gasteiger partial charge in [-0.2, -0.15) is 5.10 Å². The van der Waals surface area contributed by atoms with Gasteiger partial charge in [0.15, 0.2) is 11.3 Å². The second-order valence-corrected chi connectivity index (χ2v) is 4.12. The van der Waals surface area contributed by atoms with Crippen LogP contribution in [-0.2, 0) is 0 Å². The monoisotopic (exact) mass is 273 g/mol. The maximum atomic E-state index is 12.1. The van der Waals surface area contributed by atoms with Gasteiger partial charge in [-0.1, -0.05) is 11.6 Å². The highest BCUT2D eigenvalue weighted by atomic mass is 35.5. The van der Waals surface area contributed by atoms with E-state index in [4.69, 9.17) is 11.6 Å². The first-order valence-electron chi connectivity index (χ1n) is 5.46. The maximum absolute atomic E-state index is 12.1. The predicted octanol–water partition coefficient (Wildman–Crippen LogP) is 2.03. The van der Waals surface area contributed by atoms with Crippen LogP contribution in [0.2, 0.25) is 5.02 Å². The van der Waals surface area contributed by atoms with Crippen LogP contribution < -0.4 is 5.32 Å². The molecule has 19 heavy (non-hydrogen) atoms. The molecule has 3 aromatic rings. The standard InChI is InChI=1S/C12H8ClN5O/c13-9-10(17-18-6-2-5-15-11(9)18)12(19)16-8-3-1-4-14-7-8/h1-7H,(H,16,19). The first kappa shape index (κ1) is 11.6. The summed E-state index contributed by atoms with van der Waals surface area (Å²) in [7, 11) is 0. The Morgan fingerprint density at radius 3 is 2.95 bits per heavy atom. The molecule has 0 unspecified atom stereocenters. The van der Waals surface area contributed by atoms with E-state index < -0.39 is 5.91 Å². The second-order valence-electron chi connectivity index (χ2n) is 3.75. The van der Waals surface area contributed by atoms with Gasteiger partial charge < -0.3 is 5.32 Å². The van der Waals surface area contributed by atoms with Gasteiger partial charge in [0, 0.05) is 18.6 Å². The third kappa shape index (κ3) is 2.13. The number of halogens is 1. The minimum Gasteiger partial charge on any atom is -0.319 e. The van der Waals surface area contributed by atoms with Gasteiger partial charge in [-0.05, 0) is 18.2 Å². The summed E-state index contributed by atoms with van der Waals surface area (Å²) in [5.41, 5.74) is 1.15. The lowest BCUT2D eigenvalue weighted by Gasteiger charge is -2.01. The van der Waals surface area contributed by atoms with Crippen LogP contribution >= 0.6 is 11.6 Å². The highest BCUT2D eigenvalue weighted by Crippen LogP contribution is 2.20. The van der Waals surface area contributed by atoms with Gasteiger partial charge in [-0.15, -0.1) is 0 Å². The third-order valence-corrected chi connectivity index (χ3v) is 2.82. The fourth-order valence-electron chi connectivity index (χ4n) is 1.63. The van der Waals surface area contributed by atoms with Crippen LogP contribution in [0, 0.1) is 0 Å². The number of hydrogen-bond donors (Lipinski definition) is 1. The van der Waals surface area contributed by atoms with E-state index in [-0.39, 0.29) is 10.7 Å². The number of anilines is 1. The van der Waals surface area contributed by atoms with Gasteiger partial charge in [-0.3, -0.25) is 9.78 Å². The summed E-state index contributed by atoms with van der Waals surface area (Å²) >= 11 is 6.10. The largest absolute Gasteiger partial charge is 0.319 e. The Kier molecular flexibility index (Phi) is 2.85. The van der Waals surface area contributed by atoms with E-state index in [1.165, 1.54) is 4.52 Å². The van der Waals surface area contributed by atoms with Gasteiger partial charge in [0.05, 0.1) is 11.9 Å². The van der Waals surface area contributed by atoms with Gasteiger partial charge in [0.25, 0.3) is 5.91 Å². The molecule has 0 aliphatic rings. The minimum atomic E-state index is -0.400. The Labute approximate surface area is 113 Å². The molecule has 0 fully saturated rings. The van der Waals surface area contributed by atoms with Crippen molar-refractivity contribution in [2.45, 2.75) is 0 Å². The lowest BCUT2D eigenvalue weighted by molar-refractivity contribution is 0.102. The topological polar surface area (TPSA) is 72.2 Å². The van der Waals surface area contributed by atoms with Crippen molar-refractivity contribution >= 4 is 28.8 Å². The normalized spacial score (nSPS) is 10.6. The molecule has 6 nitrogen and oxygen atoms in total. The van der Waals surface area contributed by atoms with E-state index in [0.717, 1.165) is 0 Å². The summed E-state index contributed by atoms with van der Waals surface area (Å²) < 4.78 is 1.46. The van der Waals surface area contributed by atoms with E-state index in [0.29, 0.717) is 11.3 Å². The number of rotatable bonds is 2. The SMILES string of the molecule is O=C(Nc1cccnc1)c1nn2cccnc2c1Cl. The highest BCUT2D eigenvalue weighted by Gasteiger charge is 2.18. The fraction of sp³-hybridized carbons (Fsp3) is 0. The molecular weight excluding hydrogens is 266 g/mol. The van der Waals surface area contributed by atoms with Crippen molar-refractivity contribution in [3.05, 3.63) is 53.7 Å². The van der Waals surface area contributed by atoms with Crippen molar-refractivity contribution in [2.24, 2.45) is 0 Å². The summed E-state index contributed by atoms with van der Waals surface area (Å²) in [6.45, 7) is 0. The number of amides is 1. The average Bonchev–Trinajstić information content (AvgIpc) is 2.78. The van der Waals surface area contributed by atoms with Crippen molar-refractivity contribution in [3.63, 3.8) is 0 Å². The molecule has 0 atom stereocenters. The molecule has 0 radical (unpaired) electrons. The Morgan fingerprint density at radius 2 is 2.21 bits per heavy atom. The molecule has 94 valence electrons. The van der Waals surface area contributed by atoms with Gasteiger partial charge in [0.2, 0.25) is 0 Å². The van der Waals surface area contributed by atoms with Crippen LogP contribution in [0.15, 0.2) is 43.0 Å². The molecule has 7 heteroatoms. The van der Waals surface area contributed by atoms with Gasteiger partial charge >= 0.3 is 0 Å². The first-order valence-corrected chi connectivity index (χ1v) is 5.84. The molecule has 0 spiro atoms. The van der Waals surface area contributed by atoms with E-state index in [1.54, 1.807) is 43.0 Å². The van der Waals surface area contributed by atoms with Crippen molar-refractivity contribution in [3.8, 4) is 0 Å². The Bertz CT molecular complexity index is 740. The smallest absolute Gasteiger partial charge is 0.277 e. The lowest BCUT2D eigenvalue weighted by atomic mass is 10.3. The van der Waals surface area contributed by atoms with Gasteiger partial charge in [0.1, 0.15) is 5.02 Å². The number of carbonyl (C=O) groups is 1. The number of nitrogens with zero attached hydrogens (tertiary/aromatic N) is 4. The van der Waals surface area contributed by atoms with E-state index in [2.05, 4.69) is 20.4 Å². The number of nitrogens with one attached hydrogen (secondary N) is 1. The minimum absolute atomic E-state index is 0.129. The zero-order valence-electron chi connectivity index (χ0n) is 9.62. The molecule has 1 N–H and O–H groups in total. The highest BCUT2D eigenvalue weighted by molar-refractivity contribution is 6.37. The molecule has 0 aromatic carbocycles. The summed E-state index contributed by atoms with van der Waals surface area (Å²) in [6, 6.07) is 5.16. The maximum Gasteiger partial charge on any atom is 0.277 e. The van der Waals surface area contributed by atoms with Crippen molar-refractivity contribution in [1.82, 2.24) is 19.6 Å². The third-order valence-electron chi connectivity index (χ3n) is 2.47.